The Morgan fingerprint density at radius 3 is 2.76 bits per heavy atom. The number of rotatable bonds is 7. The van der Waals surface area contributed by atoms with Crippen LogP contribution in [0.15, 0.2) is 57.6 Å². The molecule has 1 saturated carbocycles. The second-order valence-electron chi connectivity index (χ2n) is 9.77. The molecule has 4 rings (SSSR count). The highest BCUT2D eigenvalue weighted by atomic mass is 32.3. The molecule has 33 heavy (non-hydrogen) atoms. The maximum absolute atomic E-state index is 12.8. The minimum Gasteiger partial charge on any atom is -0.472 e. The molecule has 8 heteroatoms. The van der Waals surface area contributed by atoms with E-state index >= 15 is 0 Å². The molecule has 0 saturated heterocycles. The lowest BCUT2D eigenvalue weighted by molar-refractivity contribution is -0.160. The molecule has 1 spiro atoms. The van der Waals surface area contributed by atoms with Gasteiger partial charge in [0.25, 0.3) is 0 Å². The first-order chi connectivity index (χ1) is 15.5. The first-order valence-electron chi connectivity index (χ1n) is 11.5. The normalized spacial score (nSPS) is 32.2. The third-order valence-electron chi connectivity index (χ3n) is 7.53. The van der Waals surface area contributed by atoms with Gasteiger partial charge < -0.3 is 13.3 Å². The van der Waals surface area contributed by atoms with Crippen LogP contribution in [-0.2, 0) is 30.5 Å². The number of hydrogen-bond donors (Lipinski definition) is 1. The number of carbonyl (C=O) groups is 1. The van der Waals surface area contributed by atoms with E-state index in [-0.39, 0.29) is 29.1 Å². The van der Waals surface area contributed by atoms with Gasteiger partial charge in [-0.1, -0.05) is 30.2 Å². The second kappa shape index (κ2) is 8.80. The van der Waals surface area contributed by atoms with E-state index < -0.39 is 27.9 Å². The summed E-state index contributed by atoms with van der Waals surface area (Å²) >= 11 is 0. The monoisotopic (exact) mass is 476 g/mol. The van der Waals surface area contributed by atoms with Crippen LogP contribution in [0, 0.1) is 23.7 Å². The SMILES string of the molecule is CC1=C[C@@H](/C=C(\C)CCCc2ccoc2)[C@]2(OC(=O)C(C)=C2OS(=O)(=O)O)[C@@H]2[C@@H](C)CC[C@@H]12. The molecular formula is C25H32O7S. The van der Waals surface area contributed by atoms with Crippen LogP contribution < -0.4 is 0 Å². The second-order valence-corrected chi connectivity index (χ2v) is 10.8. The number of ether oxygens (including phenoxy) is 1. The maximum atomic E-state index is 12.8. The molecule has 180 valence electrons. The van der Waals surface area contributed by atoms with Crippen molar-refractivity contribution in [2.75, 3.05) is 0 Å². The van der Waals surface area contributed by atoms with Crippen LogP contribution in [0.5, 0.6) is 0 Å². The molecule has 1 fully saturated rings. The number of hydrogen-bond acceptors (Lipinski definition) is 6. The molecule has 0 amide bonds. The fraction of sp³-hybridized carbons (Fsp3) is 0.560. The van der Waals surface area contributed by atoms with Crippen LogP contribution in [0.2, 0.25) is 0 Å². The highest BCUT2D eigenvalue weighted by Gasteiger charge is 2.64. The van der Waals surface area contributed by atoms with E-state index in [0.717, 1.165) is 43.2 Å². The van der Waals surface area contributed by atoms with Gasteiger partial charge in [-0.3, -0.25) is 4.55 Å². The lowest BCUT2D eigenvalue weighted by Crippen LogP contribution is -2.53. The molecule has 7 nitrogen and oxygen atoms in total. The summed E-state index contributed by atoms with van der Waals surface area (Å²) in [6.45, 7) is 7.73. The summed E-state index contributed by atoms with van der Waals surface area (Å²) in [7, 11) is -4.83. The smallest absolute Gasteiger partial charge is 0.446 e. The third kappa shape index (κ3) is 4.43. The molecular weight excluding hydrogens is 444 g/mol. The number of carbonyl (C=O) groups excluding carboxylic acids is 1. The van der Waals surface area contributed by atoms with Crippen molar-refractivity contribution < 1.29 is 31.1 Å². The first kappa shape index (κ1) is 23.8. The van der Waals surface area contributed by atoms with E-state index in [9.17, 15) is 17.8 Å². The lowest BCUT2D eigenvalue weighted by atomic mass is 9.62. The topological polar surface area (TPSA) is 103 Å². The minimum atomic E-state index is -4.83. The van der Waals surface area contributed by atoms with Crippen molar-refractivity contribution in [2.45, 2.75) is 65.4 Å². The Morgan fingerprint density at radius 1 is 1.33 bits per heavy atom. The molecule has 1 N–H and O–H groups in total. The van der Waals surface area contributed by atoms with Crippen molar-refractivity contribution in [3.63, 3.8) is 0 Å². The first-order valence-corrected chi connectivity index (χ1v) is 12.9. The summed E-state index contributed by atoms with van der Waals surface area (Å²) in [5, 5.41) is 0. The van der Waals surface area contributed by atoms with Gasteiger partial charge in [-0.05, 0) is 76.3 Å². The predicted molar refractivity (Wildman–Crippen MR) is 122 cm³/mol. The van der Waals surface area contributed by atoms with Gasteiger partial charge in [0.15, 0.2) is 11.4 Å². The Hall–Kier alpha value is -2.32. The Morgan fingerprint density at radius 2 is 2.09 bits per heavy atom. The minimum absolute atomic E-state index is 0.0741. The molecule has 0 radical (unpaired) electrons. The molecule has 3 aliphatic rings. The van der Waals surface area contributed by atoms with E-state index in [1.165, 1.54) is 12.5 Å². The molecule has 1 aromatic rings. The highest BCUT2D eigenvalue weighted by Crippen LogP contribution is 2.59. The van der Waals surface area contributed by atoms with E-state index in [1.807, 2.05) is 13.0 Å². The van der Waals surface area contributed by atoms with Gasteiger partial charge in [-0.25, -0.2) is 4.79 Å². The van der Waals surface area contributed by atoms with Gasteiger partial charge in [-0.2, -0.15) is 8.42 Å². The van der Waals surface area contributed by atoms with Crippen LogP contribution in [0.25, 0.3) is 0 Å². The van der Waals surface area contributed by atoms with Crippen LogP contribution in [0.1, 0.15) is 58.9 Å². The van der Waals surface area contributed by atoms with Gasteiger partial charge in [-0.15, -0.1) is 0 Å². The molecule has 0 bridgehead atoms. The molecule has 1 aromatic heterocycles. The maximum Gasteiger partial charge on any atom is 0.446 e. The average molecular weight is 477 g/mol. The third-order valence-corrected chi connectivity index (χ3v) is 7.91. The summed E-state index contributed by atoms with van der Waals surface area (Å²) in [5.41, 5.74) is 2.27. The van der Waals surface area contributed by atoms with Gasteiger partial charge in [0.05, 0.1) is 18.1 Å². The number of aryl methyl sites for hydroxylation is 1. The molecule has 2 aliphatic carbocycles. The quantitative estimate of drug-likeness (QED) is 0.329. The zero-order chi connectivity index (χ0) is 24.0. The summed E-state index contributed by atoms with van der Waals surface area (Å²) in [6, 6.07) is 1.95. The summed E-state index contributed by atoms with van der Waals surface area (Å²) in [6.07, 6.45) is 12.1. The Kier molecular flexibility index (Phi) is 6.35. The standard InChI is InChI=1S/C25H32O7S/c1-15(6-5-7-19-10-11-30-14-19)12-20-13-17(3)21-9-8-16(2)22(21)25(20)23(32-33(27,28)29)18(4)24(26)31-25/h10-14,16,20-22H,5-9H2,1-4H3,(H,27,28,29)/b15-12+/t16-,20+,21-,22+,25-/m0/s1. The van der Waals surface area contributed by atoms with Crippen LogP contribution >= 0.6 is 0 Å². The zero-order valence-corrected chi connectivity index (χ0v) is 20.4. The molecule has 5 atom stereocenters. The van der Waals surface area contributed by atoms with Crippen LogP contribution in [0.4, 0.5) is 0 Å². The number of furan rings is 1. The molecule has 0 aromatic carbocycles. The average Bonchev–Trinajstić information content (AvgIpc) is 3.42. The molecule has 1 aliphatic heterocycles. The van der Waals surface area contributed by atoms with Crippen LogP contribution in [-0.4, -0.2) is 24.5 Å². The van der Waals surface area contributed by atoms with Gasteiger partial charge in [0, 0.05) is 11.8 Å². The van der Waals surface area contributed by atoms with Gasteiger partial charge in [0.2, 0.25) is 0 Å². The molecule has 2 heterocycles. The van der Waals surface area contributed by atoms with E-state index in [4.69, 9.17) is 13.3 Å². The number of allylic oxidation sites excluding steroid dienone is 2. The van der Waals surface area contributed by atoms with Crippen molar-refractivity contribution in [3.05, 3.63) is 58.8 Å². The van der Waals surface area contributed by atoms with Gasteiger partial charge >= 0.3 is 16.4 Å². The Bertz CT molecular complexity index is 1110. The van der Waals surface area contributed by atoms with Gasteiger partial charge in [0.1, 0.15) is 0 Å². The Balaban J connectivity index is 1.73. The fourth-order valence-corrected chi connectivity index (χ4v) is 6.55. The van der Waals surface area contributed by atoms with Crippen molar-refractivity contribution in [3.8, 4) is 0 Å². The summed E-state index contributed by atoms with van der Waals surface area (Å²) < 4.78 is 49.4. The van der Waals surface area contributed by atoms with E-state index in [2.05, 4.69) is 26.0 Å². The van der Waals surface area contributed by atoms with Crippen molar-refractivity contribution in [1.29, 1.82) is 0 Å². The van der Waals surface area contributed by atoms with Crippen LogP contribution in [0.3, 0.4) is 0 Å². The number of esters is 1. The van der Waals surface area contributed by atoms with E-state index in [0.29, 0.717) is 0 Å². The van der Waals surface area contributed by atoms with Crippen molar-refractivity contribution in [2.24, 2.45) is 23.7 Å². The largest absolute Gasteiger partial charge is 0.472 e. The lowest BCUT2D eigenvalue weighted by Gasteiger charge is -2.47. The fourth-order valence-electron chi connectivity index (χ4n) is 6.09. The summed E-state index contributed by atoms with van der Waals surface area (Å²) in [4.78, 5) is 12.8. The van der Waals surface area contributed by atoms with Crippen molar-refractivity contribution in [1.82, 2.24) is 0 Å². The zero-order valence-electron chi connectivity index (χ0n) is 19.5. The molecule has 0 unspecified atom stereocenters. The number of fused-ring (bicyclic) bond motifs is 2. The Labute approximate surface area is 195 Å². The van der Waals surface area contributed by atoms with E-state index in [1.54, 1.807) is 12.5 Å². The predicted octanol–water partition coefficient (Wildman–Crippen LogP) is 5.18. The highest BCUT2D eigenvalue weighted by molar-refractivity contribution is 7.81. The van der Waals surface area contributed by atoms with Crippen molar-refractivity contribution >= 4 is 16.4 Å². The summed E-state index contributed by atoms with van der Waals surface area (Å²) in [5.74, 6) is -0.864.